The second-order valence-electron chi connectivity index (χ2n) is 13.2. The molecule has 0 unspecified atom stereocenters. The van der Waals surface area contributed by atoms with Crippen molar-refractivity contribution < 1.29 is 14.6 Å². The molecule has 0 saturated heterocycles. The number of carbonyl (C=O) groups excluding carboxylic acids is 1. The van der Waals surface area contributed by atoms with Crippen LogP contribution in [0.25, 0.3) is 16.9 Å². The average molecular weight is 623 g/mol. The highest BCUT2D eigenvalue weighted by Gasteiger charge is 2.34. The van der Waals surface area contributed by atoms with Gasteiger partial charge in [-0.25, -0.2) is 9.94 Å². The van der Waals surface area contributed by atoms with Crippen LogP contribution >= 0.6 is 0 Å². The highest BCUT2D eigenvalue weighted by atomic mass is 16.5. The van der Waals surface area contributed by atoms with Gasteiger partial charge in [0, 0.05) is 23.6 Å². The van der Waals surface area contributed by atoms with Crippen molar-refractivity contribution in [1.82, 2.24) is 24.6 Å². The summed E-state index contributed by atoms with van der Waals surface area (Å²) < 4.78 is 9.94. The first-order valence-electron chi connectivity index (χ1n) is 16.8. The number of nitrogens with one attached hydrogen (secondary N) is 1. The summed E-state index contributed by atoms with van der Waals surface area (Å²) in [6.07, 6.45) is 10.9. The van der Waals surface area contributed by atoms with Gasteiger partial charge in [0.2, 0.25) is 11.7 Å². The number of hydrogen-bond donors (Lipinski definition) is 2. The Labute approximate surface area is 268 Å². The molecular weight excluding hydrogens is 580 g/mol. The predicted molar refractivity (Wildman–Crippen MR) is 176 cm³/mol. The Morgan fingerprint density at radius 1 is 1.02 bits per heavy atom. The maximum Gasteiger partial charge on any atom is 0.259 e. The molecule has 46 heavy (non-hydrogen) atoms. The molecule has 3 heterocycles. The summed E-state index contributed by atoms with van der Waals surface area (Å²) >= 11 is 0. The zero-order chi connectivity index (χ0) is 31.7. The zero-order valence-electron chi connectivity index (χ0n) is 26.5. The fourth-order valence-electron chi connectivity index (χ4n) is 7.53. The number of nitrogens with zero attached hydrogens (tertiary/aromatic N) is 5. The average Bonchev–Trinajstić information content (AvgIpc) is 3.85. The lowest BCUT2D eigenvalue weighted by Crippen LogP contribution is -2.37. The van der Waals surface area contributed by atoms with Gasteiger partial charge in [0.25, 0.3) is 5.56 Å². The molecule has 2 aromatic carbocycles. The van der Waals surface area contributed by atoms with Crippen molar-refractivity contribution >= 4 is 17.4 Å². The molecule has 0 bridgehead atoms. The van der Waals surface area contributed by atoms with Gasteiger partial charge < -0.3 is 9.84 Å². The predicted octanol–water partition coefficient (Wildman–Crippen LogP) is 5.13. The molecule has 240 valence electrons. The van der Waals surface area contributed by atoms with Gasteiger partial charge in [0.05, 0.1) is 36.1 Å². The van der Waals surface area contributed by atoms with Crippen molar-refractivity contribution in [2.24, 2.45) is 5.10 Å². The number of carbonyl (C=O) groups is 1. The van der Waals surface area contributed by atoms with E-state index in [4.69, 9.17) is 4.74 Å². The van der Waals surface area contributed by atoms with Gasteiger partial charge in [0.15, 0.2) is 0 Å². The standard InChI is InChI=1S/C36H42N6O4/c1-2-8-32-30(20-24-11-16-28(25-9-4-3-5-10-25)29(19-24)31-21-33(43)40-39-31)34(44)41(35-37-23-38-42(32)35)26-12-14-27(15-13-26)46-22-36(45)17-6-7-18-36/h3-5,9-11,16,19,23,26-27,45H,2,6-8,12-15,17-18,20-22H2,1H3,(H,40,43). The van der Waals surface area contributed by atoms with Gasteiger partial charge in [-0.15, -0.1) is 0 Å². The number of hydrogen-bond acceptors (Lipinski definition) is 7. The Balaban J connectivity index is 1.21. The second-order valence-corrected chi connectivity index (χ2v) is 13.2. The molecule has 3 aliphatic rings. The first-order valence-corrected chi connectivity index (χ1v) is 16.8. The topological polar surface area (TPSA) is 123 Å². The van der Waals surface area contributed by atoms with Crippen molar-refractivity contribution in [2.45, 2.75) is 102 Å². The Kier molecular flexibility index (Phi) is 8.57. The molecule has 4 aromatic rings. The van der Waals surface area contributed by atoms with Crippen LogP contribution in [0.3, 0.4) is 0 Å². The van der Waals surface area contributed by atoms with Gasteiger partial charge >= 0.3 is 0 Å². The Bertz CT molecular complexity index is 1810. The number of rotatable bonds is 10. The fourth-order valence-corrected chi connectivity index (χ4v) is 7.53. The van der Waals surface area contributed by atoms with E-state index in [1.54, 1.807) is 6.33 Å². The van der Waals surface area contributed by atoms with Gasteiger partial charge in [-0.3, -0.25) is 14.2 Å². The first-order chi connectivity index (χ1) is 22.4. The van der Waals surface area contributed by atoms with Crippen LogP contribution in [0, 0.1) is 0 Å². The maximum absolute atomic E-state index is 14.5. The van der Waals surface area contributed by atoms with Crippen LogP contribution in [-0.4, -0.2) is 54.2 Å². The van der Waals surface area contributed by atoms with Crippen LogP contribution in [0.15, 0.2) is 64.8 Å². The van der Waals surface area contributed by atoms with Crippen LogP contribution in [0.2, 0.25) is 0 Å². The summed E-state index contributed by atoms with van der Waals surface area (Å²) in [6.45, 7) is 2.50. The van der Waals surface area contributed by atoms with Gasteiger partial charge in [0.1, 0.15) is 6.33 Å². The number of aryl methyl sites for hydroxylation is 1. The van der Waals surface area contributed by atoms with E-state index in [1.807, 2.05) is 27.3 Å². The smallest absolute Gasteiger partial charge is 0.259 e. The first kappa shape index (κ1) is 30.5. The second kappa shape index (κ2) is 12.9. The lowest BCUT2D eigenvalue weighted by atomic mass is 9.91. The molecule has 10 heteroatoms. The van der Waals surface area contributed by atoms with Gasteiger partial charge in [-0.05, 0) is 67.7 Å². The van der Waals surface area contributed by atoms with E-state index in [9.17, 15) is 14.7 Å². The summed E-state index contributed by atoms with van der Waals surface area (Å²) in [5.41, 5.74) is 8.11. The van der Waals surface area contributed by atoms with Gasteiger partial charge in [-0.2, -0.15) is 15.2 Å². The number of aromatic nitrogens is 4. The van der Waals surface area contributed by atoms with Gasteiger partial charge in [-0.1, -0.05) is 68.7 Å². The molecule has 1 aliphatic heterocycles. The third kappa shape index (κ3) is 6.03. The van der Waals surface area contributed by atoms with Crippen LogP contribution in [0.1, 0.15) is 99.6 Å². The molecule has 0 atom stereocenters. The molecule has 1 amide bonds. The SMILES string of the molecule is CCCc1c(Cc2ccc(-c3ccccc3)c(C3=NNC(=O)C3)c2)c(=O)n(C2CCC(OCC3(O)CCCC3)CC2)c2ncnn12. The summed E-state index contributed by atoms with van der Waals surface area (Å²) in [7, 11) is 0. The summed E-state index contributed by atoms with van der Waals surface area (Å²) in [5, 5.41) is 19.7. The number of fused-ring (bicyclic) bond motifs is 1. The highest BCUT2D eigenvalue weighted by molar-refractivity contribution is 6.16. The Morgan fingerprint density at radius 2 is 1.80 bits per heavy atom. The van der Waals surface area contributed by atoms with Crippen LogP contribution in [0.4, 0.5) is 0 Å². The normalized spacial score (nSPS) is 21.1. The number of amides is 1. The third-order valence-corrected chi connectivity index (χ3v) is 9.95. The number of ether oxygens (including phenoxy) is 1. The molecule has 0 spiro atoms. The number of hydrazone groups is 1. The number of aliphatic hydroxyl groups is 1. The molecule has 2 N–H and O–H groups in total. The monoisotopic (exact) mass is 622 g/mol. The minimum absolute atomic E-state index is 0.0102. The maximum atomic E-state index is 14.5. The molecular formula is C36H42N6O4. The quantitative estimate of drug-likeness (QED) is 0.253. The highest BCUT2D eigenvalue weighted by Crippen LogP contribution is 2.34. The Morgan fingerprint density at radius 3 is 2.52 bits per heavy atom. The van der Waals surface area contributed by atoms with Crippen molar-refractivity contribution in [1.29, 1.82) is 0 Å². The van der Waals surface area contributed by atoms with Crippen molar-refractivity contribution in [2.75, 3.05) is 6.61 Å². The molecule has 10 nitrogen and oxygen atoms in total. The molecule has 2 fully saturated rings. The van der Waals surface area contributed by atoms with E-state index in [1.165, 1.54) is 0 Å². The lowest BCUT2D eigenvalue weighted by Gasteiger charge is -2.32. The fraction of sp³-hybridized carbons (Fsp3) is 0.472. The van der Waals surface area contributed by atoms with E-state index in [0.29, 0.717) is 30.9 Å². The summed E-state index contributed by atoms with van der Waals surface area (Å²) in [6, 6.07) is 16.3. The van der Waals surface area contributed by atoms with Crippen LogP contribution in [-0.2, 0) is 22.4 Å². The van der Waals surface area contributed by atoms with Crippen LogP contribution < -0.4 is 11.0 Å². The van der Waals surface area contributed by atoms with E-state index in [0.717, 1.165) is 91.3 Å². The minimum Gasteiger partial charge on any atom is -0.387 e. The van der Waals surface area contributed by atoms with E-state index in [-0.39, 0.29) is 30.0 Å². The molecule has 2 aromatic heterocycles. The molecule has 2 saturated carbocycles. The van der Waals surface area contributed by atoms with Crippen molar-refractivity contribution in [3.05, 3.63) is 87.6 Å². The van der Waals surface area contributed by atoms with Crippen LogP contribution in [0.5, 0.6) is 0 Å². The lowest BCUT2D eigenvalue weighted by molar-refractivity contribution is -0.119. The third-order valence-electron chi connectivity index (χ3n) is 9.95. The summed E-state index contributed by atoms with van der Waals surface area (Å²) in [4.78, 5) is 31.2. The van der Waals surface area contributed by atoms with Crippen molar-refractivity contribution in [3.8, 4) is 11.1 Å². The molecule has 7 rings (SSSR count). The largest absolute Gasteiger partial charge is 0.387 e. The number of benzene rings is 2. The Hall–Kier alpha value is -4.15. The van der Waals surface area contributed by atoms with E-state index in [2.05, 4.69) is 57.9 Å². The van der Waals surface area contributed by atoms with Crippen molar-refractivity contribution in [3.63, 3.8) is 0 Å². The van der Waals surface area contributed by atoms with E-state index < -0.39 is 5.60 Å². The molecule has 0 radical (unpaired) electrons. The summed E-state index contributed by atoms with van der Waals surface area (Å²) in [5.74, 6) is 0.463. The molecule has 2 aliphatic carbocycles. The zero-order valence-corrected chi connectivity index (χ0v) is 26.5. The van der Waals surface area contributed by atoms with E-state index >= 15 is 0 Å². The minimum atomic E-state index is -0.680.